The number of unbranched alkanes of at least 4 members (excludes halogenated alkanes) is 2. The molecule has 0 saturated heterocycles. The van der Waals surface area contributed by atoms with E-state index in [4.69, 9.17) is 43.6 Å². The second-order valence-corrected chi connectivity index (χ2v) is 4.51. The third kappa shape index (κ3) is 244. The van der Waals surface area contributed by atoms with Crippen LogP contribution in [0.25, 0.3) is 0 Å². The first kappa shape index (κ1) is 21.5. The Labute approximate surface area is 92.9 Å². The molecular weight excluding hydrogens is 266 g/mol. The molecule has 0 rings (SSSR count). The molecule has 0 heterocycles. The van der Waals surface area contributed by atoms with Gasteiger partial charge in [0.2, 0.25) is 0 Å². The maximum atomic E-state index is 8.88. The molecule has 0 fully saturated rings. The Morgan fingerprint density at radius 3 is 1.12 bits per heavy atom. The van der Waals surface area contributed by atoms with Crippen LogP contribution in [0.5, 0.6) is 0 Å². The lowest BCUT2D eigenvalue weighted by molar-refractivity contribution is 0.272. The van der Waals surface area contributed by atoms with Crippen molar-refractivity contribution in [2.45, 2.75) is 26.2 Å². The molecule has 0 radical (unpaired) electrons. The molecule has 0 bridgehead atoms. The van der Waals surface area contributed by atoms with Crippen molar-refractivity contribution in [1.29, 1.82) is 0 Å². The zero-order valence-electron chi connectivity index (χ0n) is 8.67. The Morgan fingerprint density at radius 2 is 1.06 bits per heavy atom. The molecular formula is C5H18O9P2. The third-order valence-electron chi connectivity index (χ3n) is 0.762. The highest BCUT2D eigenvalue weighted by Gasteiger charge is 2.00. The fourth-order valence-corrected chi connectivity index (χ4v) is 0.362. The molecule has 0 unspecified atom stereocenters. The van der Waals surface area contributed by atoms with Gasteiger partial charge < -0.3 is 34.5 Å². The molecule has 0 aliphatic heterocycles. The largest absolute Gasteiger partial charge is 0.466 e. The van der Waals surface area contributed by atoms with E-state index < -0.39 is 15.6 Å². The minimum Gasteiger partial charge on any atom is -0.396 e. The van der Waals surface area contributed by atoms with E-state index in [2.05, 4.69) is 6.92 Å². The number of hydrogen-bond donors (Lipinski definition) is 7. The molecule has 0 aromatic rings. The summed E-state index contributed by atoms with van der Waals surface area (Å²) in [5, 5.41) is 8.20. The smallest absolute Gasteiger partial charge is 0.396 e. The molecule has 102 valence electrons. The lowest BCUT2D eigenvalue weighted by atomic mass is 10.3. The van der Waals surface area contributed by atoms with Gasteiger partial charge in [0.25, 0.3) is 0 Å². The zero-order valence-corrected chi connectivity index (χ0v) is 10.5. The molecule has 16 heavy (non-hydrogen) atoms. The van der Waals surface area contributed by atoms with Gasteiger partial charge in [-0.05, 0) is 6.42 Å². The molecule has 0 aromatic heterocycles. The number of aliphatic hydroxyl groups is 1. The third-order valence-corrected chi connectivity index (χ3v) is 0.762. The summed E-state index contributed by atoms with van der Waals surface area (Å²) in [5.74, 6) is 0. The maximum Gasteiger partial charge on any atom is 0.466 e. The van der Waals surface area contributed by atoms with E-state index in [-0.39, 0.29) is 0 Å². The zero-order chi connectivity index (χ0) is 13.8. The number of aliphatic hydroxyl groups excluding tert-OH is 1. The van der Waals surface area contributed by atoms with Crippen molar-refractivity contribution in [2.24, 2.45) is 0 Å². The van der Waals surface area contributed by atoms with Gasteiger partial charge in [0.05, 0.1) is 0 Å². The minimum absolute atomic E-state index is 0.355. The van der Waals surface area contributed by atoms with Gasteiger partial charge in [0.1, 0.15) is 0 Å². The first-order valence-corrected chi connectivity index (χ1v) is 7.22. The van der Waals surface area contributed by atoms with Crippen molar-refractivity contribution < 1.29 is 43.6 Å². The van der Waals surface area contributed by atoms with Gasteiger partial charge in [-0.25, -0.2) is 9.13 Å². The highest BCUT2D eigenvalue weighted by molar-refractivity contribution is 7.45. The minimum atomic E-state index is -4.64. The Balaban J connectivity index is -0.000000160. The Kier molecular flexibility index (Phi) is 15.6. The Morgan fingerprint density at radius 1 is 0.812 bits per heavy atom. The van der Waals surface area contributed by atoms with Crippen LogP contribution in [-0.4, -0.2) is 41.1 Å². The van der Waals surface area contributed by atoms with Gasteiger partial charge in [0, 0.05) is 6.61 Å². The lowest BCUT2D eigenvalue weighted by Crippen LogP contribution is -1.78. The van der Waals surface area contributed by atoms with Gasteiger partial charge in [-0.1, -0.05) is 19.8 Å². The highest BCUT2D eigenvalue weighted by Crippen LogP contribution is 2.26. The first-order chi connectivity index (χ1) is 6.91. The molecule has 0 spiro atoms. The molecule has 11 heteroatoms. The molecule has 0 amide bonds. The standard InChI is InChI=1S/C5H12O.2H3O4P/c1-2-3-4-5-6;2*1-5(2,3)4/h6H,2-5H2,1H3;2*(H3,1,2,3,4). The highest BCUT2D eigenvalue weighted by atomic mass is 31.2. The van der Waals surface area contributed by atoms with Crippen LogP contribution in [0, 0.1) is 0 Å². The Bertz CT molecular complexity index is 177. The van der Waals surface area contributed by atoms with Crippen LogP contribution < -0.4 is 0 Å². The first-order valence-electron chi connectivity index (χ1n) is 4.09. The van der Waals surface area contributed by atoms with Crippen molar-refractivity contribution in [3.63, 3.8) is 0 Å². The topological polar surface area (TPSA) is 176 Å². The summed E-state index contributed by atoms with van der Waals surface area (Å²) in [5.41, 5.74) is 0. The van der Waals surface area contributed by atoms with Crippen molar-refractivity contribution in [2.75, 3.05) is 6.61 Å². The molecule has 0 aliphatic carbocycles. The van der Waals surface area contributed by atoms with Gasteiger partial charge >= 0.3 is 15.6 Å². The average molecular weight is 284 g/mol. The van der Waals surface area contributed by atoms with E-state index >= 15 is 0 Å². The average Bonchev–Trinajstić information content (AvgIpc) is 1.94. The van der Waals surface area contributed by atoms with Crippen LogP contribution in [0.2, 0.25) is 0 Å². The van der Waals surface area contributed by atoms with E-state index in [1.54, 1.807) is 0 Å². The summed E-state index contributed by atoms with van der Waals surface area (Å²) in [7, 11) is -9.28. The van der Waals surface area contributed by atoms with Crippen LogP contribution >= 0.6 is 15.6 Å². The van der Waals surface area contributed by atoms with Crippen molar-refractivity contribution in [1.82, 2.24) is 0 Å². The predicted molar refractivity (Wildman–Crippen MR) is 55.1 cm³/mol. The van der Waals surface area contributed by atoms with Gasteiger partial charge in [0.15, 0.2) is 0 Å². The van der Waals surface area contributed by atoms with Gasteiger partial charge in [-0.2, -0.15) is 0 Å². The van der Waals surface area contributed by atoms with E-state index in [1.807, 2.05) is 0 Å². The fourth-order valence-electron chi connectivity index (χ4n) is 0.362. The molecule has 0 aliphatic rings. The summed E-state index contributed by atoms with van der Waals surface area (Å²) < 4.78 is 17.8. The van der Waals surface area contributed by atoms with Crippen LogP contribution in [0.15, 0.2) is 0 Å². The van der Waals surface area contributed by atoms with Crippen molar-refractivity contribution in [3.8, 4) is 0 Å². The summed E-state index contributed by atoms with van der Waals surface area (Å²) in [4.78, 5) is 43.1. The molecule has 7 N–H and O–H groups in total. The second-order valence-electron chi connectivity index (χ2n) is 2.46. The monoisotopic (exact) mass is 284 g/mol. The van der Waals surface area contributed by atoms with E-state index in [1.165, 1.54) is 6.42 Å². The van der Waals surface area contributed by atoms with Crippen molar-refractivity contribution >= 4 is 15.6 Å². The number of rotatable bonds is 3. The maximum absolute atomic E-state index is 8.88. The van der Waals surface area contributed by atoms with Crippen molar-refractivity contribution in [3.05, 3.63) is 0 Å². The normalized spacial score (nSPS) is 10.8. The van der Waals surface area contributed by atoms with Gasteiger partial charge in [-0.3, -0.25) is 0 Å². The van der Waals surface area contributed by atoms with Crippen LogP contribution in [0.1, 0.15) is 26.2 Å². The van der Waals surface area contributed by atoms with Crippen LogP contribution in [0.4, 0.5) is 0 Å². The van der Waals surface area contributed by atoms with E-state index in [9.17, 15) is 0 Å². The molecule has 0 aromatic carbocycles. The summed E-state index contributed by atoms with van der Waals surface area (Å²) in [6, 6.07) is 0. The Hall–Kier alpha value is 0.180. The molecule has 0 atom stereocenters. The number of phosphoric acid groups is 2. The lowest BCUT2D eigenvalue weighted by Gasteiger charge is -1.85. The fraction of sp³-hybridized carbons (Fsp3) is 1.00. The number of hydrogen-bond acceptors (Lipinski definition) is 3. The molecule has 9 nitrogen and oxygen atoms in total. The predicted octanol–water partition coefficient (Wildman–Crippen LogP) is -0.688. The SMILES string of the molecule is CCCCCO.O=P(O)(O)O.O=P(O)(O)O. The van der Waals surface area contributed by atoms with E-state index in [0.29, 0.717) is 6.61 Å². The summed E-state index contributed by atoms with van der Waals surface area (Å²) >= 11 is 0. The summed E-state index contributed by atoms with van der Waals surface area (Å²) in [6.07, 6.45) is 3.33. The molecule has 0 saturated carbocycles. The van der Waals surface area contributed by atoms with E-state index in [0.717, 1.165) is 12.8 Å². The second kappa shape index (κ2) is 11.7. The van der Waals surface area contributed by atoms with Gasteiger partial charge in [-0.15, -0.1) is 0 Å². The van der Waals surface area contributed by atoms with Crippen LogP contribution in [-0.2, 0) is 9.13 Å². The quantitative estimate of drug-likeness (QED) is 0.261. The van der Waals surface area contributed by atoms with Crippen LogP contribution in [0.3, 0.4) is 0 Å². The summed E-state index contributed by atoms with van der Waals surface area (Å²) in [6.45, 7) is 2.48.